The predicted molar refractivity (Wildman–Crippen MR) is 95.8 cm³/mol. The molecule has 0 bridgehead atoms. The average Bonchev–Trinajstić information content (AvgIpc) is 3.00. The molecule has 3 aromatic rings. The third-order valence-electron chi connectivity index (χ3n) is 2.90. The van der Waals surface area contributed by atoms with Gasteiger partial charge in [0.1, 0.15) is 16.9 Å². The fourth-order valence-electron chi connectivity index (χ4n) is 1.80. The molecule has 23 heavy (non-hydrogen) atoms. The van der Waals surface area contributed by atoms with E-state index in [2.05, 4.69) is 57.1 Å². The lowest BCUT2D eigenvalue weighted by atomic mass is 10.2. The van der Waals surface area contributed by atoms with E-state index in [4.69, 9.17) is 9.90 Å². The van der Waals surface area contributed by atoms with Crippen LogP contribution in [0.25, 0.3) is 16.9 Å². The highest BCUT2D eigenvalue weighted by molar-refractivity contribution is 9.10. The van der Waals surface area contributed by atoms with Gasteiger partial charge in [-0.1, -0.05) is 24.6 Å². The fourth-order valence-corrected chi connectivity index (χ4v) is 2.09. The Morgan fingerprint density at radius 1 is 1.22 bits per heavy atom. The first-order valence-corrected chi connectivity index (χ1v) is 7.91. The highest BCUT2D eigenvalue weighted by Crippen LogP contribution is 2.19. The molecule has 2 heterocycles. The summed E-state index contributed by atoms with van der Waals surface area (Å²) in [6, 6.07) is 10.3. The molecule has 0 spiro atoms. The van der Waals surface area contributed by atoms with Crippen molar-refractivity contribution in [1.82, 2.24) is 14.5 Å². The van der Waals surface area contributed by atoms with Crippen LogP contribution in [-0.4, -0.2) is 33.0 Å². The number of nitrogens with zero attached hydrogens (tertiary/aromatic N) is 3. The van der Waals surface area contributed by atoms with Gasteiger partial charge >= 0.3 is 0 Å². The summed E-state index contributed by atoms with van der Waals surface area (Å²) in [5.74, 6) is 0. The zero-order chi connectivity index (χ0) is 17.2. The summed E-state index contributed by atoms with van der Waals surface area (Å²) >= 11 is 3.32. The zero-order valence-corrected chi connectivity index (χ0v) is 14.8. The average molecular weight is 378 g/mol. The van der Waals surface area contributed by atoms with Crippen LogP contribution in [0.15, 0.2) is 47.3 Å². The second-order valence-electron chi connectivity index (χ2n) is 4.65. The summed E-state index contributed by atoms with van der Waals surface area (Å²) in [5.41, 5.74) is 4.11. The van der Waals surface area contributed by atoms with Crippen molar-refractivity contribution < 1.29 is 9.90 Å². The molecule has 122 valence electrons. The number of aliphatic hydroxyl groups is 1. The van der Waals surface area contributed by atoms with Crippen molar-refractivity contribution >= 4 is 33.9 Å². The third-order valence-corrected chi connectivity index (χ3v) is 3.28. The molecule has 1 N–H and O–H groups in total. The molecule has 0 amide bonds. The maximum absolute atomic E-state index is 8.00. The van der Waals surface area contributed by atoms with Gasteiger partial charge in [-0.15, -0.1) is 0 Å². The number of aryl methyl sites for hydroxylation is 1. The molecule has 0 saturated carbocycles. The number of hydrogen-bond donors (Lipinski definition) is 1. The Labute approximate surface area is 144 Å². The SMILES string of the molecule is C=O.CCCO.Cc1ccc(-n2ccc3nc(Br)cnc32)cc1. The van der Waals surface area contributed by atoms with Crippen molar-refractivity contribution in [3.63, 3.8) is 0 Å². The summed E-state index contributed by atoms with van der Waals surface area (Å²) in [7, 11) is 0. The second-order valence-corrected chi connectivity index (χ2v) is 5.46. The Hall–Kier alpha value is -2.05. The molecule has 1 aromatic carbocycles. The van der Waals surface area contributed by atoms with Crippen molar-refractivity contribution in [2.24, 2.45) is 0 Å². The van der Waals surface area contributed by atoms with Crippen LogP contribution in [0.5, 0.6) is 0 Å². The number of aromatic nitrogens is 3. The molecule has 2 aromatic heterocycles. The Balaban J connectivity index is 0.000000388. The highest BCUT2D eigenvalue weighted by atomic mass is 79.9. The smallest absolute Gasteiger partial charge is 0.163 e. The number of carbonyl (C=O) groups is 1. The van der Waals surface area contributed by atoms with Crippen LogP contribution in [0.2, 0.25) is 0 Å². The third kappa shape index (κ3) is 5.26. The van der Waals surface area contributed by atoms with Crippen LogP contribution in [-0.2, 0) is 4.79 Å². The number of fused-ring (bicyclic) bond motifs is 1. The Bertz CT molecular complexity index is 724. The van der Waals surface area contributed by atoms with E-state index < -0.39 is 0 Å². The van der Waals surface area contributed by atoms with Gasteiger partial charge in [0, 0.05) is 18.5 Å². The first kappa shape index (κ1) is 19.0. The summed E-state index contributed by atoms with van der Waals surface area (Å²) in [4.78, 5) is 16.8. The molecule has 0 aliphatic heterocycles. The highest BCUT2D eigenvalue weighted by Gasteiger charge is 2.05. The number of benzene rings is 1. The molecule has 0 atom stereocenters. The van der Waals surface area contributed by atoms with Gasteiger partial charge in [0.05, 0.1) is 6.20 Å². The number of halogens is 1. The molecule has 0 aliphatic carbocycles. The maximum Gasteiger partial charge on any atom is 0.163 e. The molecule has 0 unspecified atom stereocenters. The van der Waals surface area contributed by atoms with Crippen LogP contribution in [0.1, 0.15) is 18.9 Å². The normalized spacial score (nSPS) is 9.57. The molecule has 0 saturated heterocycles. The number of rotatable bonds is 2. The van der Waals surface area contributed by atoms with Gasteiger partial charge in [-0.05, 0) is 47.5 Å². The first-order chi connectivity index (χ1) is 11.2. The van der Waals surface area contributed by atoms with Gasteiger partial charge in [0.2, 0.25) is 0 Å². The van der Waals surface area contributed by atoms with E-state index in [1.807, 2.05) is 30.5 Å². The molecule has 0 aliphatic rings. The van der Waals surface area contributed by atoms with E-state index in [0.717, 1.165) is 27.9 Å². The molecule has 6 heteroatoms. The van der Waals surface area contributed by atoms with Gasteiger partial charge < -0.3 is 9.90 Å². The number of aliphatic hydroxyl groups excluding tert-OH is 1. The minimum atomic E-state index is 0.319. The minimum absolute atomic E-state index is 0.319. The van der Waals surface area contributed by atoms with Crippen LogP contribution >= 0.6 is 15.9 Å². The maximum atomic E-state index is 8.00. The van der Waals surface area contributed by atoms with E-state index in [1.165, 1.54) is 5.56 Å². The van der Waals surface area contributed by atoms with E-state index in [0.29, 0.717) is 6.61 Å². The summed E-state index contributed by atoms with van der Waals surface area (Å²) in [5, 5.41) is 7.88. The summed E-state index contributed by atoms with van der Waals surface area (Å²) in [6.45, 7) is 6.33. The Kier molecular flexibility index (Phi) is 8.15. The number of carbonyl (C=O) groups excluding carboxylic acids is 1. The topological polar surface area (TPSA) is 68.0 Å². The Morgan fingerprint density at radius 3 is 2.39 bits per heavy atom. The van der Waals surface area contributed by atoms with Crippen molar-refractivity contribution in [3.05, 3.63) is 52.9 Å². The van der Waals surface area contributed by atoms with Crippen LogP contribution in [0.4, 0.5) is 0 Å². The monoisotopic (exact) mass is 377 g/mol. The molecular weight excluding hydrogens is 358 g/mol. The quantitative estimate of drug-likeness (QED) is 0.739. The van der Waals surface area contributed by atoms with Gasteiger partial charge in [-0.3, -0.25) is 4.57 Å². The molecule has 3 rings (SSSR count). The standard InChI is InChI=1S/C13H10BrN3.C3H8O.CH2O/c1-9-2-4-10(5-3-9)17-7-6-11-13(17)15-8-12(14)16-11;1-2-3-4;1-2/h2-8H,1H3;4H,2-3H2,1H3;1H2. The van der Waals surface area contributed by atoms with E-state index >= 15 is 0 Å². The van der Waals surface area contributed by atoms with Crippen molar-refractivity contribution in [2.75, 3.05) is 6.61 Å². The minimum Gasteiger partial charge on any atom is -0.396 e. The Morgan fingerprint density at radius 2 is 1.83 bits per heavy atom. The van der Waals surface area contributed by atoms with Gasteiger partial charge in [0.25, 0.3) is 0 Å². The molecule has 5 nitrogen and oxygen atoms in total. The predicted octanol–water partition coefficient (Wildman–Crippen LogP) is 3.70. The van der Waals surface area contributed by atoms with E-state index in [9.17, 15) is 0 Å². The van der Waals surface area contributed by atoms with Crippen molar-refractivity contribution in [1.29, 1.82) is 0 Å². The van der Waals surface area contributed by atoms with Crippen LogP contribution in [0.3, 0.4) is 0 Å². The first-order valence-electron chi connectivity index (χ1n) is 7.12. The van der Waals surface area contributed by atoms with Crippen molar-refractivity contribution in [3.8, 4) is 5.69 Å². The summed E-state index contributed by atoms with van der Waals surface area (Å²) < 4.78 is 2.79. The van der Waals surface area contributed by atoms with Crippen molar-refractivity contribution in [2.45, 2.75) is 20.3 Å². The fraction of sp³-hybridized carbons (Fsp3) is 0.235. The lowest BCUT2D eigenvalue weighted by Crippen LogP contribution is -1.94. The molecule has 0 radical (unpaired) electrons. The van der Waals surface area contributed by atoms with E-state index in [1.54, 1.807) is 6.20 Å². The lowest BCUT2D eigenvalue weighted by Gasteiger charge is -2.04. The lowest BCUT2D eigenvalue weighted by molar-refractivity contribution is -0.0979. The molecular formula is C17H20BrN3O2. The van der Waals surface area contributed by atoms with Crippen LogP contribution in [0, 0.1) is 6.92 Å². The summed E-state index contributed by atoms with van der Waals surface area (Å²) in [6.07, 6.45) is 4.58. The van der Waals surface area contributed by atoms with E-state index in [-0.39, 0.29) is 0 Å². The largest absolute Gasteiger partial charge is 0.396 e. The van der Waals surface area contributed by atoms with Crippen LogP contribution < -0.4 is 0 Å². The van der Waals surface area contributed by atoms with Gasteiger partial charge in [0.15, 0.2) is 5.65 Å². The van der Waals surface area contributed by atoms with Gasteiger partial charge in [-0.25, -0.2) is 9.97 Å². The molecule has 0 fully saturated rings. The second kappa shape index (κ2) is 9.86. The zero-order valence-electron chi connectivity index (χ0n) is 13.2. The number of hydrogen-bond acceptors (Lipinski definition) is 4. The van der Waals surface area contributed by atoms with Gasteiger partial charge in [-0.2, -0.15) is 0 Å².